The van der Waals surface area contributed by atoms with Crippen molar-refractivity contribution < 1.29 is 4.79 Å². The van der Waals surface area contributed by atoms with Crippen molar-refractivity contribution >= 4 is 5.91 Å². The van der Waals surface area contributed by atoms with Crippen LogP contribution in [0.4, 0.5) is 0 Å². The van der Waals surface area contributed by atoms with Gasteiger partial charge in [0.25, 0.3) is 0 Å². The molecule has 0 heterocycles. The number of amides is 1. The predicted octanol–water partition coefficient (Wildman–Crippen LogP) is 2.45. The third kappa shape index (κ3) is 5.07. The number of hydrogen-bond donors (Lipinski definition) is 2. The average molecular weight is 240 g/mol. The smallest absolute Gasteiger partial charge is 0.223 e. The number of carbonyl (C=O) groups is 1. The van der Waals surface area contributed by atoms with Gasteiger partial charge in [-0.05, 0) is 38.5 Å². The molecule has 0 radical (unpaired) electrons. The van der Waals surface area contributed by atoms with E-state index >= 15 is 0 Å². The van der Waals surface area contributed by atoms with Crippen LogP contribution in [-0.4, -0.2) is 18.5 Å². The van der Waals surface area contributed by atoms with Gasteiger partial charge in [0, 0.05) is 18.5 Å². The van der Waals surface area contributed by atoms with Crippen molar-refractivity contribution in [2.45, 2.75) is 64.8 Å². The molecular weight excluding hydrogens is 212 g/mol. The van der Waals surface area contributed by atoms with Crippen LogP contribution in [0.1, 0.15) is 58.8 Å². The highest BCUT2D eigenvalue weighted by atomic mass is 16.1. The first kappa shape index (κ1) is 14.5. The molecule has 3 N–H and O–H groups in total. The van der Waals surface area contributed by atoms with Crippen LogP contribution in [0.2, 0.25) is 0 Å². The fraction of sp³-hybridized carbons (Fsp3) is 0.929. The van der Waals surface area contributed by atoms with E-state index in [2.05, 4.69) is 12.2 Å². The summed E-state index contributed by atoms with van der Waals surface area (Å²) < 4.78 is 0. The van der Waals surface area contributed by atoms with Gasteiger partial charge in [-0.1, -0.05) is 26.2 Å². The van der Waals surface area contributed by atoms with Crippen molar-refractivity contribution in [3.05, 3.63) is 0 Å². The Morgan fingerprint density at radius 1 is 1.35 bits per heavy atom. The molecule has 3 nitrogen and oxygen atoms in total. The molecule has 100 valence electrons. The van der Waals surface area contributed by atoms with Crippen molar-refractivity contribution in [1.82, 2.24) is 5.32 Å². The SMILES string of the molecule is CCCCC1CCC(C(=O)N[C@@H](C)CN)CC1. The molecule has 0 aromatic rings. The van der Waals surface area contributed by atoms with Crippen LogP contribution >= 0.6 is 0 Å². The van der Waals surface area contributed by atoms with Gasteiger partial charge in [0.1, 0.15) is 0 Å². The van der Waals surface area contributed by atoms with Crippen LogP contribution in [0, 0.1) is 11.8 Å². The number of unbranched alkanes of at least 4 members (excludes halogenated alkanes) is 1. The molecule has 0 bridgehead atoms. The maximum Gasteiger partial charge on any atom is 0.223 e. The second kappa shape index (κ2) is 7.70. The van der Waals surface area contributed by atoms with E-state index in [-0.39, 0.29) is 17.9 Å². The van der Waals surface area contributed by atoms with Crippen LogP contribution in [0.3, 0.4) is 0 Å². The maximum atomic E-state index is 11.9. The Morgan fingerprint density at radius 2 is 2.00 bits per heavy atom. The Labute approximate surface area is 106 Å². The minimum atomic E-state index is 0.111. The highest BCUT2D eigenvalue weighted by Gasteiger charge is 2.26. The molecule has 1 atom stereocenters. The Kier molecular flexibility index (Phi) is 6.56. The van der Waals surface area contributed by atoms with E-state index in [4.69, 9.17) is 5.73 Å². The van der Waals surface area contributed by atoms with Gasteiger partial charge in [0.15, 0.2) is 0 Å². The third-order valence-electron chi connectivity index (χ3n) is 3.93. The molecule has 0 aromatic carbocycles. The third-order valence-corrected chi connectivity index (χ3v) is 3.93. The van der Waals surface area contributed by atoms with Gasteiger partial charge < -0.3 is 11.1 Å². The second-order valence-corrected chi connectivity index (χ2v) is 5.51. The minimum Gasteiger partial charge on any atom is -0.352 e. The molecule has 1 rings (SSSR count). The molecule has 1 amide bonds. The van der Waals surface area contributed by atoms with Crippen LogP contribution in [0.25, 0.3) is 0 Å². The lowest BCUT2D eigenvalue weighted by Crippen LogP contribution is -2.42. The maximum absolute atomic E-state index is 11.9. The molecule has 1 fully saturated rings. The molecule has 1 aliphatic carbocycles. The largest absolute Gasteiger partial charge is 0.352 e. The van der Waals surface area contributed by atoms with Gasteiger partial charge in [-0.3, -0.25) is 4.79 Å². The molecule has 1 saturated carbocycles. The van der Waals surface area contributed by atoms with E-state index in [0.717, 1.165) is 18.8 Å². The lowest BCUT2D eigenvalue weighted by atomic mass is 9.79. The van der Waals surface area contributed by atoms with Crippen molar-refractivity contribution in [1.29, 1.82) is 0 Å². The molecule has 0 saturated heterocycles. The summed E-state index contributed by atoms with van der Waals surface area (Å²) in [6.45, 7) is 4.73. The van der Waals surface area contributed by atoms with E-state index in [9.17, 15) is 4.79 Å². The summed E-state index contributed by atoms with van der Waals surface area (Å²) >= 11 is 0. The zero-order valence-corrected chi connectivity index (χ0v) is 11.4. The van der Waals surface area contributed by atoms with Crippen molar-refractivity contribution in [3.8, 4) is 0 Å². The van der Waals surface area contributed by atoms with E-state index in [1.54, 1.807) is 0 Å². The highest BCUT2D eigenvalue weighted by molar-refractivity contribution is 5.79. The standard InChI is InChI=1S/C14H28N2O/c1-3-4-5-12-6-8-13(9-7-12)14(17)16-11(2)10-15/h11-13H,3-10,15H2,1-2H3,(H,16,17)/t11-,12?,13?/m0/s1. The van der Waals surface area contributed by atoms with Gasteiger partial charge in [-0.25, -0.2) is 0 Å². The fourth-order valence-corrected chi connectivity index (χ4v) is 2.63. The van der Waals surface area contributed by atoms with Crippen LogP contribution < -0.4 is 11.1 Å². The van der Waals surface area contributed by atoms with Crippen molar-refractivity contribution in [2.24, 2.45) is 17.6 Å². The lowest BCUT2D eigenvalue weighted by molar-refractivity contribution is -0.126. The van der Waals surface area contributed by atoms with Crippen LogP contribution in [0.15, 0.2) is 0 Å². The summed E-state index contributed by atoms with van der Waals surface area (Å²) in [5.74, 6) is 1.32. The summed E-state index contributed by atoms with van der Waals surface area (Å²) in [6, 6.07) is 0.111. The first-order valence-electron chi connectivity index (χ1n) is 7.17. The summed E-state index contributed by atoms with van der Waals surface area (Å²) in [5, 5.41) is 2.99. The summed E-state index contributed by atoms with van der Waals surface area (Å²) in [7, 11) is 0. The zero-order valence-electron chi connectivity index (χ0n) is 11.4. The fourth-order valence-electron chi connectivity index (χ4n) is 2.63. The number of carbonyl (C=O) groups excluding carboxylic acids is 1. The normalized spacial score (nSPS) is 26.5. The van der Waals surface area contributed by atoms with Crippen LogP contribution in [0.5, 0.6) is 0 Å². The first-order chi connectivity index (χ1) is 8.17. The van der Waals surface area contributed by atoms with Gasteiger partial charge >= 0.3 is 0 Å². The quantitative estimate of drug-likeness (QED) is 0.749. The Bertz CT molecular complexity index is 222. The first-order valence-corrected chi connectivity index (χ1v) is 7.17. The molecule has 0 aromatic heterocycles. The van der Waals surface area contributed by atoms with Gasteiger partial charge in [-0.15, -0.1) is 0 Å². The number of rotatable bonds is 6. The summed E-state index contributed by atoms with van der Waals surface area (Å²) in [5.41, 5.74) is 5.51. The van der Waals surface area contributed by atoms with Gasteiger partial charge in [0.2, 0.25) is 5.91 Å². The molecule has 17 heavy (non-hydrogen) atoms. The van der Waals surface area contributed by atoms with E-state index in [1.165, 1.54) is 32.1 Å². The number of nitrogens with two attached hydrogens (primary N) is 1. The molecule has 3 heteroatoms. The van der Waals surface area contributed by atoms with Crippen LogP contribution in [-0.2, 0) is 4.79 Å². The minimum absolute atomic E-state index is 0.111. The Balaban J connectivity index is 2.24. The van der Waals surface area contributed by atoms with Gasteiger partial charge in [0.05, 0.1) is 0 Å². The Hall–Kier alpha value is -0.570. The lowest BCUT2D eigenvalue weighted by Gasteiger charge is -2.28. The monoisotopic (exact) mass is 240 g/mol. The molecule has 0 aliphatic heterocycles. The molecule has 0 unspecified atom stereocenters. The van der Waals surface area contributed by atoms with E-state index in [1.807, 2.05) is 6.92 Å². The van der Waals surface area contributed by atoms with Crippen molar-refractivity contribution in [2.75, 3.05) is 6.54 Å². The van der Waals surface area contributed by atoms with E-state index in [0.29, 0.717) is 6.54 Å². The van der Waals surface area contributed by atoms with Crippen molar-refractivity contribution in [3.63, 3.8) is 0 Å². The predicted molar refractivity (Wildman–Crippen MR) is 71.6 cm³/mol. The zero-order chi connectivity index (χ0) is 12.7. The molecule has 0 spiro atoms. The topological polar surface area (TPSA) is 55.1 Å². The number of nitrogens with one attached hydrogen (secondary N) is 1. The highest BCUT2D eigenvalue weighted by Crippen LogP contribution is 2.31. The summed E-state index contributed by atoms with van der Waals surface area (Å²) in [6.07, 6.45) is 8.57. The second-order valence-electron chi connectivity index (χ2n) is 5.51. The van der Waals surface area contributed by atoms with E-state index < -0.39 is 0 Å². The molecular formula is C14H28N2O. The van der Waals surface area contributed by atoms with Gasteiger partial charge in [-0.2, -0.15) is 0 Å². The summed E-state index contributed by atoms with van der Waals surface area (Å²) in [4.78, 5) is 11.9. The molecule has 1 aliphatic rings. The average Bonchev–Trinajstić information content (AvgIpc) is 2.36. The number of hydrogen-bond acceptors (Lipinski definition) is 2. The Morgan fingerprint density at radius 3 is 2.53 bits per heavy atom.